The Kier molecular flexibility index (Phi) is 6.58. The smallest absolute Gasteiger partial charge is 0.243 e. The van der Waals surface area contributed by atoms with Crippen LogP contribution in [-0.4, -0.2) is 31.2 Å². The van der Waals surface area contributed by atoms with Crippen LogP contribution in [0.25, 0.3) is 0 Å². The Morgan fingerprint density at radius 2 is 1.50 bits per heavy atom. The molecule has 2 atom stereocenters. The van der Waals surface area contributed by atoms with Gasteiger partial charge in [-0.1, -0.05) is 48.5 Å². The SMILES string of the molecule is CC(Nc1ccc(NC(=O)C2CCCN2S(=O)(=O)c2ccccc2)cc1)c1ccccc1. The van der Waals surface area contributed by atoms with Gasteiger partial charge in [0.15, 0.2) is 0 Å². The molecular weight excluding hydrogens is 422 g/mol. The van der Waals surface area contributed by atoms with E-state index >= 15 is 0 Å². The van der Waals surface area contributed by atoms with Gasteiger partial charge in [0, 0.05) is 24.0 Å². The Hall–Kier alpha value is -3.16. The van der Waals surface area contributed by atoms with Crippen molar-refractivity contribution in [2.45, 2.75) is 36.7 Å². The number of anilines is 2. The maximum absolute atomic E-state index is 13.0. The maximum Gasteiger partial charge on any atom is 0.243 e. The first-order valence-electron chi connectivity index (χ1n) is 10.7. The number of carbonyl (C=O) groups excluding carboxylic acids is 1. The van der Waals surface area contributed by atoms with Crippen molar-refractivity contribution in [3.63, 3.8) is 0 Å². The van der Waals surface area contributed by atoms with Crippen molar-refractivity contribution in [3.8, 4) is 0 Å². The lowest BCUT2D eigenvalue weighted by molar-refractivity contribution is -0.119. The maximum atomic E-state index is 13.0. The fourth-order valence-electron chi connectivity index (χ4n) is 3.97. The second-order valence-electron chi connectivity index (χ2n) is 7.93. The number of amides is 1. The molecule has 1 aliphatic heterocycles. The molecule has 2 N–H and O–H groups in total. The van der Waals surface area contributed by atoms with E-state index in [2.05, 4.69) is 29.7 Å². The standard InChI is InChI=1S/C25H27N3O3S/c1-19(20-9-4-2-5-10-20)26-21-14-16-22(17-15-21)27-25(29)24-13-8-18-28(24)32(30,31)23-11-6-3-7-12-23/h2-7,9-12,14-17,19,24,26H,8,13,18H2,1H3,(H,27,29). The Morgan fingerprint density at radius 3 is 2.16 bits per heavy atom. The number of hydrogen-bond acceptors (Lipinski definition) is 4. The third-order valence-electron chi connectivity index (χ3n) is 5.69. The largest absolute Gasteiger partial charge is 0.379 e. The lowest BCUT2D eigenvalue weighted by Gasteiger charge is -2.23. The summed E-state index contributed by atoms with van der Waals surface area (Å²) in [6, 6.07) is 25.3. The van der Waals surface area contributed by atoms with Gasteiger partial charge in [0.05, 0.1) is 4.90 Å². The molecule has 0 saturated carbocycles. The van der Waals surface area contributed by atoms with Gasteiger partial charge in [-0.3, -0.25) is 4.79 Å². The number of benzene rings is 3. The first-order valence-corrected chi connectivity index (χ1v) is 12.2. The molecule has 0 spiro atoms. The van der Waals surface area contributed by atoms with E-state index in [1.807, 2.05) is 42.5 Å². The number of nitrogens with zero attached hydrogens (tertiary/aromatic N) is 1. The van der Waals surface area contributed by atoms with Crippen molar-refractivity contribution in [3.05, 3.63) is 90.5 Å². The molecule has 4 rings (SSSR count). The van der Waals surface area contributed by atoms with E-state index in [1.165, 1.54) is 9.87 Å². The molecular formula is C25H27N3O3S. The molecule has 1 saturated heterocycles. The quantitative estimate of drug-likeness (QED) is 0.550. The number of rotatable bonds is 7. The molecule has 1 amide bonds. The van der Waals surface area contributed by atoms with Gasteiger partial charge in [-0.25, -0.2) is 8.42 Å². The molecule has 166 valence electrons. The van der Waals surface area contributed by atoms with Crippen LogP contribution in [0.15, 0.2) is 89.8 Å². The zero-order valence-corrected chi connectivity index (χ0v) is 18.8. The zero-order valence-electron chi connectivity index (χ0n) is 17.9. The van der Waals surface area contributed by atoms with Gasteiger partial charge in [-0.15, -0.1) is 0 Å². The van der Waals surface area contributed by atoms with Crippen LogP contribution in [0.5, 0.6) is 0 Å². The molecule has 32 heavy (non-hydrogen) atoms. The van der Waals surface area contributed by atoms with Gasteiger partial charge < -0.3 is 10.6 Å². The van der Waals surface area contributed by atoms with Crippen molar-refractivity contribution < 1.29 is 13.2 Å². The molecule has 0 aromatic heterocycles. The summed E-state index contributed by atoms with van der Waals surface area (Å²) in [6.45, 7) is 2.43. The average Bonchev–Trinajstić information content (AvgIpc) is 3.33. The monoisotopic (exact) mass is 449 g/mol. The second-order valence-corrected chi connectivity index (χ2v) is 9.82. The van der Waals surface area contributed by atoms with Crippen LogP contribution in [-0.2, 0) is 14.8 Å². The second kappa shape index (κ2) is 9.54. The van der Waals surface area contributed by atoms with Crippen molar-refractivity contribution in [2.75, 3.05) is 17.2 Å². The van der Waals surface area contributed by atoms with E-state index in [9.17, 15) is 13.2 Å². The highest BCUT2D eigenvalue weighted by Crippen LogP contribution is 2.27. The van der Waals surface area contributed by atoms with Crippen LogP contribution in [0, 0.1) is 0 Å². The molecule has 0 radical (unpaired) electrons. The van der Waals surface area contributed by atoms with Gasteiger partial charge in [-0.2, -0.15) is 4.31 Å². The van der Waals surface area contributed by atoms with E-state index in [0.717, 1.165) is 5.69 Å². The topological polar surface area (TPSA) is 78.5 Å². The Morgan fingerprint density at radius 1 is 0.906 bits per heavy atom. The van der Waals surface area contributed by atoms with E-state index in [1.54, 1.807) is 30.3 Å². The van der Waals surface area contributed by atoms with Crippen molar-refractivity contribution in [1.82, 2.24) is 4.31 Å². The molecule has 3 aromatic rings. The van der Waals surface area contributed by atoms with Crippen LogP contribution in [0.1, 0.15) is 31.4 Å². The van der Waals surface area contributed by atoms with E-state index in [4.69, 9.17) is 0 Å². The van der Waals surface area contributed by atoms with Gasteiger partial charge in [0.25, 0.3) is 0 Å². The van der Waals surface area contributed by atoms with Crippen LogP contribution >= 0.6 is 0 Å². The molecule has 2 unspecified atom stereocenters. The third-order valence-corrected chi connectivity index (χ3v) is 7.61. The molecule has 1 fully saturated rings. The zero-order chi connectivity index (χ0) is 22.6. The predicted octanol–water partition coefficient (Wildman–Crippen LogP) is 4.65. The number of nitrogens with one attached hydrogen (secondary N) is 2. The number of sulfonamides is 1. The minimum absolute atomic E-state index is 0.145. The average molecular weight is 450 g/mol. The highest BCUT2D eigenvalue weighted by molar-refractivity contribution is 7.89. The van der Waals surface area contributed by atoms with Gasteiger partial charge in [0.1, 0.15) is 6.04 Å². The fraction of sp³-hybridized carbons (Fsp3) is 0.240. The fourth-order valence-corrected chi connectivity index (χ4v) is 5.65. The summed E-state index contributed by atoms with van der Waals surface area (Å²) in [5.74, 6) is -0.305. The van der Waals surface area contributed by atoms with Crippen LogP contribution in [0.4, 0.5) is 11.4 Å². The summed E-state index contributed by atoms with van der Waals surface area (Å²) in [4.78, 5) is 13.1. The highest BCUT2D eigenvalue weighted by Gasteiger charge is 2.39. The molecule has 1 heterocycles. The highest BCUT2D eigenvalue weighted by atomic mass is 32.2. The van der Waals surface area contributed by atoms with Crippen molar-refractivity contribution in [1.29, 1.82) is 0 Å². The molecule has 0 aliphatic carbocycles. The summed E-state index contributed by atoms with van der Waals surface area (Å²) in [5.41, 5.74) is 2.76. The normalized spacial score (nSPS) is 17.6. The van der Waals surface area contributed by atoms with Crippen LogP contribution < -0.4 is 10.6 Å². The van der Waals surface area contributed by atoms with Crippen molar-refractivity contribution in [2.24, 2.45) is 0 Å². The number of hydrogen-bond donors (Lipinski definition) is 2. The summed E-state index contributed by atoms with van der Waals surface area (Å²) >= 11 is 0. The van der Waals surface area contributed by atoms with Crippen LogP contribution in [0.2, 0.25) is 0 Å². The van der Waals surface area contributed by atoms with Gasteiger partial charge >= 0.3 is 0 Å². The molecule has 3 aromatic carbocycles. The Balaban J connectivity index is 1.41. The third kappa shape index (κ3) is 4.84. The van der Waals surface area contributed by atoms with Gasteiger partial charge in [-0.05, 0) is 61.7 Å². The summed E-state index contributed by atoms with van der Waals surface area (Å²) in [7, 11) is -3.71. The molecule has 1 aliphatic rings. The molecule has 6 nitrogen and oxygen atoms in total. The first kappa shape index (κ1) is 22.0. The van der Waals surface area contributed by atoms with Crippen LogP contribution in [0.3, 0.4) is 0 Å². The summed E-state index contributed by atoms with van der Waals surface area (Å²) in [5, 5.41) is 6.32. The minimum atomic E-state index is -3.71. The molecule has 7 heteroatoms. The lowest BCUT2D eigenvalue weighted by Crippen LogP contribution is -2.43. The predicted molar refractivity (Wildman–Crippen MR) is 127 cm³/mol. The Labute approximate surface area is 189 Å². The lowest BCUT2D eigenvalue weighted by atomic mass is 10.1. The Bertz CT molecular complexity index is 1150. The number of carbonyl (C=O) groups is 1. The van der Waals surface area contributed by atoms with E-state index < -0.39 is 16.1 Å². The summed E-state index contributed by atoms with van der Waals surface area (Å²) < 4.78 is 27.3. The summed E-state index contributed by atoms with van der Waals surface area (Å²) in [6.07, 6.45) is 1.16. The first-order chi connectivity index (χ1) is 15.4. The molecule has 0 bridgehead atoms. The van der Waals surface area contributed by atoms with E-state index in [-0.39, 0.29) is 16.8 Å². The van der Waals surface area contributed by atoms with Gasteiger partial charge in [0.2, 0.25) is 15.9 Å². The van der Waals surface area contributed by atoms with E-state index in [0.29, 0.717) is 25.1 Å². The van der Waals surface area contributed by atoms with Crippen molar-refractivity contribution >= 4 is 27.3 Å². The minimum Gasteiger partial charge on any atom is -0.379 e.